The minimum atomic E-state index is -3.64. The van der Waals surface area contributed by atoms with Gasteiger partial charge in [-0.25, -0.2) is 8.42 Å². The van der Waals surface area contributed by atoms with Crippen LogP contribution in [0, 0.1) is 25.7 Å². The highest BCUT2D eigenvalue weighted by atomic mass is 32.2. The Bertz CT molecular complexity index is 1090. The third-order valence-corrected chi connectivity index (χ3v) is 5.40. The molecule has 0 aliphatic rings. The topological polar surface area (TPSA) is 46.2 Å². The van der Waals surface area contributed by atoms with Gasteiger partial charge in [0.15, 0.2) is 0 Å². The molecule has 0 unspecified atom stereocenters. The molecule has 0 aliphatic carbocycles. The molecule has 1 N–H and O–H groups in total. The van der Waals surface area contributed by atoms with Crippen LogP contribution in [0.3, 0.4) is 0 Å². The second kappa shape index (κ2) is 7.47. The molecule has 0 atom stereocenters. The molecule has 3 aromatic rings. The predicted octanol–water partition coefficient (Wildman–Crippen LogP) is 4.50. The second-order valence-electron chi connectivity index (χ2n) is 6.07. The minimum Gasteiger partial charge on any atom is -0.280 e. The summed E-state index contributed by atoms with van der Waals surface area (Å²) < 4.78 is 28.0. The van der Waals surface area contributed by atoms with Crippen LogP contribution in [0.15, 0.2) is 77.7 Å². The second-order valence-corrected chi connectivity index (χ2v) is 7.72. The fourth-order valence-corrected chi connectivity index (χ4v) is 3.91. The average molecular weight is 361 g/mol. The molecular formula is C22H19NO2S. The molecule has 0 amide bonds. The Morgan fingerprint density at radius 3 is 2.19 bits per heavy atom. The maximum Gasteiger partial charge on any atom is 0.262 e. The fraction of sp³-hybridized carbons (Fsp3) is 0.0909. The number of rotatable bonds is 3. The third kappa shape index (κ3) is 4.33. The summed E-state index contributed by atoms with van der Waals surface area (Å²) in [4.78, 5) is 0.281. The molecule has 3 aromatic carbocycles. The summed E-state index contributed by atoms with van der Waals surface area (Å²) in [6.07, 6.45) is 0. The van der Waals surface area contributed by atoms with Gasteiger partial charge in [0.2, 0.25) is 0 Å². The Labute approximate surface area is 154 Å². The van der Waals surface area contributed by atoms with Gasteiger partial charge in [-0.1, -0.05) is 53.8 Å². The van der Waals surface area contributed by atoms with Crippen molar-refractivity contribution < 1.29 is 8.42 Å². The Balaban J connectivity index is 1.86. The molecular weight excluding hydrogens is 342 g/mol. The number of benzene rings is 3. The van der Waals surface area contributed by atoms with Gasteiger partial charge in [-0.05, 0) is 55.8 Å². The van der Waals surface area contributed by atoms with Gasteiger partial charge in [0.05, 0.1) is 10.6 Å². The van der Waals surface area contributed by atoms with Gasteiger partial charge >= 0.3 is 0 Å². The first kappa shape index (κ1) is 17.8. The molecule has 3 rings (SSSR count). The van der Waals surface area contributed by atoms with E-state index in [2.05, 4.69) is 16.6 Å². The molecule has 0 aromatic heterocycles. The lowest BCUT2D eigenvalue weighted by atomic mass is 10.2. The number of hydrogen-bond donors (Lipinski definition) is 1. The lowest BCUT2D eigenvalue weighted by molar-refractivity contribution is 0.600. The van der Waals surface area contributed by atoms with E-state index in [9.17, 15) is 8.42 Å². The van der Waals surface area contributed by atoms with Crippen molar-refractivity contribution in [2.75, 3.05) is 4.72 Å². The minimum absolute atomic E-state index is 0.281. The Morgan fingerprint density at radius 1 is 0.769 bits per heavy atom. The van der Waals surface area contributed by atoms with Gasteiger partial charge in [-0.3, -0.25) is 4.72 Å². The molecule has 0 fully saturated rings. The Kier molecular flexibility index (Phi) is 5.11. The van der Waals surface area contributed by atoms with Crippen molar-refractivity contribution in [3.8, 4) is 11.8 Å². The van der Waals surface area contributed by atoms with Gasteiger partial charge in [0, 0.05) is 11.1 Å². The van der Waals surface area contributed by atoms with E-state index in [-0.39, 0.29) is 4.90 Å². The van der Waals surface area contributed by atoms with Gasteiger partial charge in [0.1, 0.15) is 0 Å². The zero-order valence-electron chi connectivity index (χ0n) is 14.7. The van der Waals surface area contributed by atoms with Crippen molar-refractivity contribution in [1.82, 2.24) is 0 Å². The molecule has 0 saturated heterocycles. The van der Waals surface area contributed by atoms with Crippen molar-refractivity contribution in [3.63, 3.8) is 0 Å². The van der Waals surface area contributed by atoms with Crippen molar-refractivity contribution in [2.24, 2.45) is 0 Å². The van der Waals surface area contributed by atoms with Crippen molar-refractivity contribution in [2.45, 2.75) is 18.7 Å². The smallest absolute Gasteiger partial charge is 0.262 e. The highest BCUT2D eigenvalue weighted by Gasteiger charge is 2.16. The third-order valence-electron chi connectivity index (χ3n) is 3.86. The predicted molar refractivity (Wildman–Crippen MR) is 106 cm³/mol. The van der Waals surface area contributed by atoms with Gasteiger partial charge in [-0.2, -0.15) is 0 Å². The SMILES string of the molecule is Cc1ccc(S(=O)(=O)Nc2cccc(C#Cc3ccccc3)c2)c(C)c1. The molecule has 3 nitrogen and oxygen atoms in total. The van der Waals surface area contributed by atoms with E-state index < -0.39 is 10.0 Å². The highest BCUT2D eigenvalue weighted by Crippen LogP contribution is 2.21. The first-order valence-electron chi connectivity index (χ1n) is 8.21. The van der Waals surface area contributed by atoms with Gasteiger partial charge in [-0.15, -0.1) is 0 Å². The molecule has 0 radical (unpaired) electrons. The van der Waals surface area contributed by atoms with Crippen LogP contribution in [0.5, 0.6) is 0 Å². The number of aryl methyl sites for hydroxylation is 2. The normalized spacial score (nSPS) is 10.7. The van der Waals surface area contributed by atoms with Crippen molar-refractivity contribution in [3.05, 3.63) is 95.1 Å². The number of hydrogen-bond acceptors (Lipinski definition) is 2. The van der Waals surface area contributed by atoms with E-state index >= 15 is 0 Å². The van der Waals surface area contributed by atoms with Crippen molar-refractivity contribution >= 4 is 15.7 Å². The van der Waals surface area contributed by atoms with E-state index in [1.807, 2.05) is 49.4 Å². The van der Waals surface area contributed by atoms with Gasteiger partial charge in [0.25, 0.3) is 10.0 Å². The largest absolute Gasteiger partial charge is 0.280 e. The van der Waals surface area contributed by atoms with Crippen LogP contribution < -0.4 is 4.72 Å². The lowest BCUT2D eigenvalue weighted by Crippen LogP contribution is -2.14. The summed E-state index contributed by atoms with van der Waals surface area (Å²) in [7, 11) is -3.64. The molecule has 26 heavy (non-hydrogen) atoms. The highest BCUT2D eigenvalue weighted by molar-refractivity contribution is 7.92. The fourth-order valence-electron chi connectivity index (χ4n) is 2.64. The summed E-state index contributed by atoms with van der Waals surface area (Å²) in [6.45, 7) is 3.73. The quantitative estimate of drug-likeness (QED) is 0.698. The maximum absolute atomic E-state index is 12.7. The number of sulfonamides is 1. The van der Waals surface area contributed by atoms with Gasteiger partial charge < -0.3 is 0 Å². The molecule has 0 spiro atoms. The molecule has 0 bridgehead atoms. The molecule has 130 valence electrons. The first-order valence-corrected chi connectivity index (χ1v) is 9.69. The van der Waals surface area contributed by atoms with Crippen LogP contribution in [0.25, 0.3) is 0 Å². The van der Waals surface area contributed by atoms with E-state index in [0.29, 0.717) is 5.69 Å². The molecule has 0 aliphatic heterocycles. The molecule has 0 saturated carbocycles. The summed E-state index contributed by atoms with van der Waals surface area (Å²) in [5.74, 6) is 6.13. The van der Waals surface area contributed by atoms with E-state index in [4.69, 9.17) is 0 Å². The van der Waals surface area contributed by atoms with Crippen LogP contribution in [0.2, 0.25) is 0 Å². The summed E-state index contributed by atoms with van der Waals surface area (Å²) in [6, 6.07) is 22.0. The van der Waals surface area contributed by atoms with Crippen LogP contribution in [-0.2, 0) is 10.0 Å². The molecule has 4 heteroatoms. The van der Waals surface area contributed by atoms with Crippen LogP contribution >= 0.6 is 0 Å². The zero-order valence-corrected chi connectivity index (χ0v) is 15.5. The van der Waals surface area contributed by atoms with E-state index in [1.165, 1.54) is 0 Å². The van der Waals surface area contributed by atoms with E-state index in [1.54, 1.807) is 37.3 Å². The summed E-state index contributed by atoms with van der Waals surface area (Å²) in [5, 5.41) is 0. The van der Waals surface area contributed by atoms with Crippen LogP contribution in [0.4, 0.5) is 5.69 Å². The lowest BCUT2D eigenvalue weighted by Gasteiger charge is -2.11. The summed E-state index contributed by atoms with van der Waals surface area (Å²) >= 11 is 0. The Morgan fingerprint density at radius 2 is 1.46 bits per heavy atom. The number of nitrogens with one attached hydrogen (secondary N) is 1. The van der Waals surface area contributed by atoms with Crippen LogP contribution in [0.1, 0.15) is 22.3 Å². The first-order chi connectivity index (χ1) is 12.4. The standard InChI is InChI=1S/C22H19NO2S/c1-17-11-14-22(18(2)15-17)26(24,25)23-21-10-6-9-20(16-21)13-12-19-7-4-3-5-8-19/h3-11,14-16,23H,1-2H3. The Hall–Kier alpha value is -3.03. The van der Waals surface area contributed by atoms with E-state index in [0.717, 1.165) is 22.3 Å². The molecule has 0 heterocycles. The average Bonchev–Trinajstić information content (AvgIpc) is 2.60. The maximum atomic E-state index is 12.7. The van der Waals surface area contributed by atoms with Crippen LogP contribution in [-0.4, -0.2) is 8.42 Å². The summed E-state index contributed by atoms with van der Waals surface area (Å²) in [5.41, 5.74) is 3.89. The van der Waals surface area contributed by atoms with Crippen molar-refractivity contribution in [1.29, 1.82) is 0 Å². The number of anilines is 1. The zero-order chi connectivity index (χ0) is 18.6. The monoisotopic (exact) mass is 361 g/mol.